The van der Waals surface area contributed by atoms with Gasteiger partial charge in [-0.25, -0.2) is 5.43 Å². The lowest BCUT2D eigenvalue weighted by molar-refractivity contribution is 0.0954. The summed E-state index contributed by atoms with van der Waals surface area (Å²) >= 11 is 9.78. The molecular weight excluding hydrogens is 536 g/mol. The number of methoxy groups -OCH3 is 1. The van der Waals surface area contributed by atoms with E-state index in [0.29, 0.717) is 56.8 Å². The zero-order valence-corrected chi connectivity index (χ0v) is 22.0. The number of hydrazone groups is 1. The molecule has 35 heavy (non-hydrogen) atoms. The zero-order valence-electron chi connectivity index (χ0n) is 19.6. The van der Waals surface area contributed by atoms with Gasteiger partial charge >= 0.3 is 0 Å². The summed E-state index contributed by atoms with van der Waals surface area (Å²) in [4.78, 5) is 12.5. The SMILES string of the molecule is CCOc1cc(C(=O)N/N=C/c2cc(Br)c(OCc3ccccc3Cl)c(OCC)c2)ccc1OC. The van der Waals surface area contributed by atoms with Crippen LogP contribution in [0.25, 0.3) is 0 Å². The zero-order chi connectivity index (χ0) is 25.2. The van der Waals surface area contributed by atoms with Crippen LogP contribution in [-0.4, -0.2) is 32.4 Å². The van der Waals surface area contributed by atoms with Crippen molar-refractivity contribution < 1.29 is 23.7 Å². The highest BCUT2D eigenvalue weighted by Crippen LogP contribution is 2.37. The summed E-state index contributed by atoms with van der Waals surface area (Å²) in [7, 11) is 1.55. The molecule has 1 amide bonds. The van der Waals surface area contributed by atoms with Crippen molar-refractivity contribution in [3.8, 4) is 23.0 Å². The highest BCUT2D eigenvalue weighted by molar-refractivity contribution is 9.10. The molecule has 3 aromatic carbocycles. The van der Waals surface area contributed by atoms with E-state index in [1.807, 2.05) is 44.2 Å². The van der Waals surface area contributed by atoms with Crippen molar-refractivity contribution in [3.63, 3.8) is 0 Å². The first-order chi connectivity index (χ1) is 17.0. The van der Waals surface area contributed by atoms with E-state index in [1.54, 1.807) is 31.4 Å². The van der Waals surface area contributed by atoms with E-state index in [4.69, 9.17) is 30.5 Å². The van der Waals surface area contributed by atoms with Gasteiger partial charge in [-0.05, 0) is 71.7 Å². The van der Waals surface area contributed by atoms with Crippen molar-refractivity contribution in [3.05, 3.63) is 80.8 Å². The van der Waals surface area contributed by atoms with Crippen LogP contribution in [0.2, 0.25) is 5.02 Å². The highest BCUT2D eigenvalue weighted by atomic mass is 79.9. The van der Waals surface area contributed by atoms with Crippen LogP contribution in [0.4, 0.5) is 0 Å². The second-order valence-corrected chi connectivity index (χ2v) is 8.40. The summed E-state index contributed by atoms with van der Waals surface area (Å²) < 4.78 is 23.2. The summed E-state index contributed by atoms with van der Waals surface area (Å²) in [6, 6.07) is 16.0. The van der Waals surface area contributed by atoms with E-state index < -0.39 is 0 Å². The topological polar surface area (TPSA) is 78.4 Å². The molecule has 0 aliphatic carbocycles. The minimum atomic E-state index is -0.381. The van der Waals surface area contributed by atoms with E-state index in [0.717, 1.165) is 5.56 Å². The number of hydrogen-bond acceptors (Lipinski definition) is 6. The maximum Gasteiger partial charge on any atom is 0.271 e. The van der Waals surface area contributed by atoms with Gasteiger partial charge in [-0.3, -0.25) is 4.79 Å². The molecule has 0 atom stereocenters. The summed E-state index contributed by atoms with van der Waals surface area (Å²) in [6.45, 7) is 4.93. The molecule has 3 aromatic rings. The van der Waals surface area contributed by atoms with E-state index in [9.17, 15) is 4.79 Å². The maximum atomic E-state index is 12.5. The van der Waals surface area contributed by atoms with E-state index >= 15 is 0 Å². The second-order valence-electron chi connectivity index (χ2n) is 7.14. The molecule has 0 bridgehead atoms. The molecule has 0 aliphatic heterocycles. The Morgan fingerprint density at radius 3 is 2.46 bits per heavy atom. The second kappa shape index (κ2) is 13.0. The number of nitrogens with zero attached hydrogens (tertiary/aromatic N) is 1. The van der Waals surface area contributed by atoms with E-state index in [2.05, 4.69) is 26.5 Å². The molecule has 0 saturated heterocycles. The number of carbonyl (C=O) groups is 1. The van der Waals surface area contributed by atoms with E-state index in [-0.39, 0.29) is 12.5 Å². The van der Waals surface area contributed by atoms with Gasteiger partial charge in [0.15, 0.2) is 23.0 Å². The predicted molar refractivity (Wildman–Crippen MR) is 140 cm³/mol. The largest absolute Gasteiger partial charge is 0.493 e. The Morgan fingerprint density at radius 1 is 1.00 bits per heavy atom. The fourth-order valence-electron chi connectivity index (χ4n) is 3.15. The lowest BCUT2D eigenvalue weighted by Crippen LogP contribution is -2.17. The smallest absolute Gasteiger partial charge is 0.271 e. The lowest BCUT2D eigenvalue weighted by atomic mass is 10.2. The number of rotatable bonds is 11. The van der Waals surface area contributed by atoms with Gasteiger partial charge in [0.2, 0.25) is 0 Å². The number of ether oxygens (including phenoxy) is 4. The molecule has 184 valence electrons. The molecule has 0 fully saturated rings. The molecule has 9 heteroatoms. The van der Waals surface area contributed by atoms with Gasteiger partial charge in [0, 0.05) is 16.1 Å². The minimum Gasteiger partial charge on any atom is -0.493 e. The fourth-order valence-corrected chi connectivity index (χ4v) is 3.91. The van der Waals surface area contributed by atoms with Crippen LogP contribution >= 0.6 is 27.5 Å². The van der Waals surface area contributed by atoms with E-state index in [1.165, 1.54) is 6.21 Å². The number of hydrogen-bond donors (Lipinski definition) is 1. The molecule has 0 radical (unpaired) electrons. The molecule has 0 saturated carbocycles. The van der Waals surface area contributed by atoms with Crippen molar-refractivity contribution >= 4 is 39.7 Å². The molecule has 0 spiro atoms. The normalized spacial score (nSPS) is 10.8. The van der Waals surface area contributed by atoms with Crippen LogP contribution in [0.5, 0.6) is 23.0 Å². The first-order valence-electron chi connectivity index (χ1n) is 10.9. The Balaban J connectivity index is 1.73. The van der Waals surface area contributed by atoms with Crippen LogP contribution in [0.3, 0.4) is 0 Å². The Kier molecular flexibility index (Phi) is 9.81. The van der Waals surface area contributed by atoms with Crippen molar-refractivity contribution in [1.82, 2.24) is 5.43 Å². The Hall–Kier alpha value is -3.23. The molecule has 3 rings (SSSR count). The number of nitrogens with one attached hydrogen (secondary N) is 1. The Labute approximate surface area is 218 Å². The first-order valence-corrected chi connectivity index (χ1v) is 12.1. The average molecular weight is 562 g/mol. The van der Waals surface area contributed by atoms with Crippen molar-refractivity contribution in [2.24, 2.45) is 5.10 Å². The first kappa shape index (κ1) is 26.4. The number of benzene rings is 3. The van der Waals surface area contributed by atoms with Crippen LogP contribution in [0.15, 0.2) is 64.2 Å². The third-order valence-corrected chi connectivity index (χ3v) is 5.72. The van der Waals surface area contributed by atoms with Gasteiger partial charge in [-0.1, -0.05) is 29.8 Å². The van der Waals surface area contributed by atoms with Crippen LogP contribution in [0, 0.1) is 0 Å². The molecule has 0 aromatic heterocycles. The molecule has 1 N–H and O–H groups in total. The van der Waals surface area contributed by atoms with Crippen LogP contribution in [0.1, 0.15) is 35.3 Å². The van der Waals surface area contributed by atoms with Gasteiger partial charge in [-0.2, -0.15) is 5.10 Å². The van der Waals surface area contributed by atoms with Gasteiger partial charge in [-0.15, -0.1) is 0 Å². The monoisotopic (exact) mass is 560 g/mol. The third-order valence-electron chi connectivity index (χ3n) is 4.77. The van der Waals surface area contributed by atoms with Gasteiger partial charge in [0.05, 0.1) is 31.0 Å². The standard InChI is InChI=1S/C26H26BrClN2O5/c1-4-33-23-14-18(10-11-22(23)32-3)26(31)30-29-15-17-12-20(27)25(24(13-17)34-5-2)35-16-19-8-6-7-9-21(19)28/h6-15H,4-5,16H2,1-3H3,(H,30,31)/b29-15+. The van der Waals surface area contributed by atoms with Gasteiger partial charge < -0.3 is 18.9 Å². The molecule has 7 nitrogen and oxygen atoms in total. The minimum absolute atomic E-state index is 0.285. The molecule has 0 aliphatic rings. The number of halogens is 2. The van der Waals surface area contributed by atoms with Crippen molar-refractivity contribution in [1.29, 1.82) is 0 Å². The average Bonchev–Trinajstić information content (AvgIpc) is 2.85. The van der Waals surface area contributed by atoms with Crippen molar-refractivity contribution in [2.45, 2.75) is 20.5 Å². The van der Waals surface area contributed by atoms with Crippen LogP contribution in [-0.2, 0) is 6.61 Å². The summed E-state index contributed by atoms with van der Waals surface area (Å²) in [5.41, 5.74) is 4.49. The van der Waals surface area contributed by atoms with Gasteiger partial charge in [0.25, 0.3) is 5.91 Å². The Morgan fingerprint density at radius 2 is 1.74 bits per heavy atom. The summed E-state index contributed by atoms with van der Waals surface area (Å²) in [6.07, 6.45) is 1.52. The van der Waals surface area contributed by atoms with Crippen molar-refractivity contribution in [2.75, 3.05) is 20.3 Å². The molecular formula is C26H26BrClN2O5. The molecule has 0 unspecified atom stereocenters. The number of amides is 1. The fraction of sp³-hybridized carbons (Fsp3) is 0.231. The number of carbonyl (C=O) groups excluding carboxylic acids is 1. The summed E-state index contributed by atoms with van der Waals surface area (Å²) in [5, 5.41) is 4.71. The molecule has 0 heterocycles. The summed E-state index contributed by atoms with van der Waals surface area (Å²) in [5.74, 6) is 1.75. The third kappa shape index (κ3) is 7.13. The maximum absolute atomic E-state index is 12.5. The quantitative estimate of drug-likeness (QED) is 0.221. The Bertz CT molecular complexity index is 1200. The predicted octanol–water partition coefficient (Wildman–Crippen LogP) is 6.25. The lowest BCUT2D eigenvalue weighted by Gasteiger charge is -2.15. The van der Waals surface area contributed by atoms with Gasteiger partial charge in [0.1, 0.15) is 6.61 Å². The highest BCUT2D eigenvalue weighted by Gasteiger charge is 2.14. The van der Waals surface area contributed by atoms with Crippen LogP contribution < -0.4 is 24.4 Å².